The summed E-state index contributed by atoms with van der Waals surface area (Å²) in [7, 11) is 0. The van der Waals surface area contributed by atoms with Crippen LogP contribution in [-0.4, -0.2) is 55.0 Å². The predicted octanol–water partition coefficient (Wildman–Crippen LogP) is 0.497. The maximum absolute atomic E-state index is 13.0. The van der Waals surface area contributed by atoms with E-state index in [4.69, 9.17) is 5.73 Å². The number of hydrogen-bond acceptors (Lipinski definition) is 3. The third-order valence-corrected chi connectivity index (χ3v) is 3.15. The van der Waals surface area contributed by atoms with Gasteiger partial charge in [-0.2, -0.15) is 22.0 Å². The molecule has 10 heteroatoms. The van der Waals surface area contributed by atoms with Crippen LogP contribution in [0.3, 0.4) is 0 Å². The maximum Gasteiger partial charge on any atom is 0.463 e. The fourth-order valence-electron chi connectivity index (χ4n) is 2.04. The Labute approximate surface area is 117 Å². The molecule has 1 fully saturated rings. The summed E-state index contributed by atoms with van der Waals surface area (Å²) >= 11 is 0. The minimum atomic E-state index is -5.95. The van der Waals surface area contributed by atoms with Gasteiger partial charge in [0.2, 0.25) is 5.91 Å². The number of likely N-dealkylation sites (tertiary alicyclic amines) is 1. The average Bonchev–Trinajstić information content (AvgIpc) is 2.42. The van der Waals surface area contributed by atoms with E-state index in [-0.39, 0.29) is 26.1 Å². The van der Waals surface area contributed by atoms with E-state index in [1.165, 1.54) is 0 Å². The van der Waals surface area contributed by atoms with E-state index >= 15 is 0 Å². The Morgan fingerprint density at radius 1 is 1.24 bits per heavy atom. The molecule has 1 saturated heterocycles. The van der Waals surface area contributed by atoms with Crippen molar-refractivity contribution in [2.75, 3.05) is 26.2 Å². The predicted molar refractivity (Wildman–Crippen MR) is 62.4 cm³/mol. The van der Waals surface area contributed by atoms with Crippen molar-refractivity contribution in [1.82, 2.24) is 10.2 Å². The molecule has 2 amide bonds. The number of rotatable bonds is 4. The van der Waals surface area contributed by atoms with Gasteiger partial charge in [0.15, 0.2) is 0 Å². The SMILES string of the molecule is NCCNC(=O)C1CCCN(C(=O)C(F)(F)C(F)(F)F)C1. The molecule has 0 spiro atoms. The van der Waals surface area contributed by atoms with E-state index in [9.17, 15) is 31.5 Å². The molecule has 0 radical (unpaired) electrons. The molecule has 1 aliphatic heterocycles. The molecule has 122 valence electrons. The topological polar surface area (TPSA) is 75.4 Å². The lowest BCUT2D eigenvalue weighted by molar-refractivity contribution is -0.274. The molecule has 1 aliphatic rings. The van der Waals surface area contributed by atoms with Gasteiger partial charge in [-0.15, -0.1) is 0 Å². The molecular weight excluding hydrogens is 301 g/mol. The number of nitrogens with one attached hydrogen (secondary N) is 1. The lowest BCUT2D eigenvalue weighted by Crippen LogP contribution is -2.55. The number of hydrogen-bond donors (Lipinski definition) is 2. The van der Waals surface area contributed by atoms with Gasteiger partial charge in [0, 0.05) is 26.2 Å². The molecule has 0 saturated carbocycles. The summed E-state index contributed by atoms with van der Waals surface area (Å²) in [6.07, 6.45) is -5.45. The highest BCUT2D eigenvalue weighted by Gasteiger charge is 2.64. The van der Waals surface area contributed by atoms with Crippen LogP contribution >= 0.6 is 0 Å². The Morgan fingerprint density at radius 3 is 2.38 bits per heavy atom. The lowest BCUT2D eigenvalue weighted by Gasteiger charge is -2.34. The van der Waals surface area contributed by atoms with Crippen molar-refractivity contribution in [2.45, 2.75) is 24.9 Å². The molecule has 1 atom stereocenters. The summed E-state index contributed by atoms with van der Waals surface area (Å²) in [5, 5.41) is 2.42. The third kappa shape index (κ3) is 4.02. The summed E-state index contributed by atoms with van der Waals surface area (Å²) < 4.78 is 62.5. The summed E-state index contributed by atoms with van der Waals surface area (Å²) in [4.78, 5) is 23.4. The van der Waals surface area contributed by atoms with Crippen LogP contribution in [0.2, 0.25) is 0 Å². The molecule has 0 aromatic heterocycles. The van der Waals surface area contributed by atoms with E-state index in [1.54, 1.807) is 0 Å². The molecule has 0 aromatic carbocycles. The van der Waals surface area contributed by atoms with Crippen molar-refractivity contribution in [3.05, 3.63) is 0 Å². The minimum absolute atomic E-state index is 0.169. The molecular formula is C11H16F5N3O2. The average molecular weight is 317 g/mol. The molecule has 3 N–H and O–H groups in total. The van der Waals surface area contributed by atoms with Gasteiger partial charge in [0.05, 0.1) is 5.92 Å². The second-order valence-corrected chi connectivity index (χ2v) is 4.74. The molecule has 5 nitrogen and oxygen atoms in total. The van der Waals surface area contributed by atoms with E-state index in [0.29, 0.717) is 11.3 Å². The molecule has 0 aliphatic carbocycles. The third-order valence-electron chi connectivity index (χ3n) is 3.15. The van der Waals surface area contributed by atoms with E-state index < -0.39 is 36.4 Å². The normalized spacial score (nSPS) is 20.3. The van der Waals surface area contributed by atoms with Gasteiger partial charge in [-0.05, 0) is 12.8 Å². The van der Waals surface area contributed by atoms with Crippen molar-refractivity contribution in [3.63, 3.8) is 0 Å². The Hall–Kier alpha value is -1.45. The standard InChI is InChI=1S/C11H16F5N3O2/c12-10(13,11(14,15)16)9(21)19-5-1-2-7(6-19)8(20)18-4-3-17/h7H,1-6,17H2,(H,18,20). The highest BCUT2D eigenvalue weighted by Crippen LogP contribution is 2.37. The molecule has 1 rings (SSSR count). The van der Waals surface area contributed by atoms with Crippen molar-refractivity contribution in [2.24, 2.45) is 11.7 Å². The zero-order valence-electron chi connectivity index (χ0n) is 11.1. The second-order valence-electron chi connectivity index (χ2n) is 4.74. The van der Waals surface area contributed by atoms with Crippen LogP contribution < -0.4 is 11.1 Å². The zero-order chi connectivity index (χ0) is 16.3. The maximum atomic E-state index is 13.0. The number of carbonyl (C=O) groups excluding carboxylic acids is 2. The highest BCUT2D eigenvalue weighted by atomic mass is 19.4. The number of halogens is 5. The molecule has 0 aromatic rings. The first kappa shape index (κ1) is 17.6. The first-order chi connectivity index (χ1) is 9.61. The summed E-state index contributed by atoms with van der Waals surface area (Å²) in [6, 6.07) is 0. The van der Waals surface area contributed by atoms with Gasteiger partial charge in [-0.3, -0.25) is 9.59 Å². The summed E-state index contributed by atoms with van der Waals surface area (Å²) in [5.41, 5.74) is 5.18. The smallest absolute Gasteiger partial charge is 0.355 e. The number of piperidine rings is 1. The Balaban J connectivity index is 2.72. The van der Waals surface area contributed by atoms with Gasteiger partial charge in [0.25, 0.3) is 0 Å². The van der Waals surface area contributed by atoms with Crippen LogP contribution in [0.1, 0.15) is 12.8 Å². The van der Waals surface area contributed by atoms with Crippen LogP contribution in [0, 0.1) is 5.92 Å². The van der Waals surface area contributed by atoms with E-state index in [1.807, 2.05) is 0 Å². The number of carbonyl (C=O) groups is 2. The van der Waals surface area contributed by atoms with Crippen LogP contribution in [0.5, 0.6) is 0 Å². The van der Waals surface area contributed by atoms with Gasteiger partial charge in [0.1, 0.15) is 0 Å². The summed E-state index contributed by atoms with van der Waals surface area (Å²) in [5.74, 6) is -9.07. The fourth-order valence-corrected chi connectivity index (χ4v) is 2.04. The number of alkyl halides is 5. The quantitative estimate of drug-likeness (QED) is 0.741. The van der Waals surface area contributed by atoms with Crippen molar-refractivity contribution < 1.29 is 31.5 Å². The molecule has 0 bridgehead atoms. The summed E-state index contributed by atoms with van der Waals surface area (Å²) in [6.45, 7) is -0.346. The zero-order valence-corrected chi connectivity index (χ0v) is 11.1. The first-order valence-corrected chi connectivity index (χ1v) is 6.33. The number of nitrogens with two attached hydrogens (primary N) is 1. The molecule has 1 heterocycles. The first-order valence-electron chi connectivity index (χ1n) is 6.33. The second kappa shape index (κ2) is 6.54. The number of amides is 2. The Bertz CT molecular complexity index is 400. The van der Waals surface area contributed by atoms with Crippen LogP contribution in [-0.2, 0) is 9.59 Å². The molecule has 1 unspecified atom stereocenters. The van der Waals surface area contributed by atoms with Crippen molar-refractivity contribution in [3.8, 4) is 0 Å². The minimum Gasteiger partial charge on any atom is -0.355 e. The van der Waals surface area contributed by atoms with Crippen molar-refractivity contribution in [1.29, 1.82) is 0 Å². The number of nitrogens with zero attached hydrogens (tertiary/aromatic N) is 1. The van der Waals surface area contributed by atoms with Gasteiger partial charge in [-0.25, -0.2) is 0 Å². The van der Waals surface area contributed by atoms with E-state index in [0.717, 1.165) is 0 Å². The van der Waals surface area contributed by atoms with Gasteiger partial charge in [-0.1, -0.05) is 0 Å². The Kier molecular flexibility index (Phi) is 5.48. The van der Waals surface area contributed by atoms with Crippen LogP contribution in [0.4, 0.5) is 22.0 Å². The van der Waals surface area contributed by atoms with E-state index in [2.05, 4.69) is 5.32 Å². The lowest BCUT2D eigenvalue weighted by atomic mass is 9.96. The van der Waals surface area contributed by atoms with Crippen molar-refractivity contribution >= 4 is 11.8 Å². The monoisotopic (exact) mass is 317 g/mol. The van der Waals surface area contributed by atoms with Crippen LogP contribution in [0.15, 0.2) is 0 Å². The van der Waals surface area contributed by atoms with Crippen LogP contribution in [0.25, 0.3) is 0 Å². The largest absolute Gasteiger partial charge is 0.463 e. The van der Waals surface area contributed by atoms with Gasteiger partial charge >= 0.3 is 18.0 Å². The molecule has 21 heavy (non-hydrogen) atoms. The highest BCUT2D eigenvalue weighted by molar-refractivity contribution is 5.86. The Morgan fingerprint density at radius 2 is 1.86 bits per heavy atom. The fraction of sp³-hybridized carbons (Fsp3) is 0.818. The van der Waals surface area contributed by atoms with Gasteiger partial charge < -0.3 is 16.0 Å².